The third-order valence-electron chi connectivity index (χ3n) is 11.6. The zero-order valence-electron chi connectivity index (χ0n) is 31.4. The van der Waals surface area contributed by atoms with Crippen LogP contribution < -0.4 is 16.4 Å². The lowest BCUT2D eigenvalue weighted by molar-refractivity contribution is -0.145. The molecular weight excluding hydrogens is 773 g/mol. The smallest absolute Gasteiger partial charge is 0.287 e. The second-order valence-electron chi connectivity index (χ2n) is 16.1. The van der Waals surface area contributed by atoms with E-state index in [9.17, 15) is 46.3 Å². The predicted octanol–water partition coefficient (Wildman–Crippen LogP) is 2.42. The molecule has 0 unspecified atom stereocenters. The molecule has 0 spiro atoms. The van der Waals surface area contributed by atoms with Gasteiger partial charge in [-0.15, -0.1) is 5.10 Å². The second kappa shape index (κ2) is 16.1. The number of ketones is 1. The molecule has 306 valence electrons. The van der Waals surface area contributed by atoms with Gasteiger partial charge < -0.3 is 26.4 Å². The Bertz CT molecular complexity index is 1930. The Kier molecular flexibility index (Phi) is 12.0. The van der Waals surface area contributed by atoms with Gasteiger partial charge >= 0.3 is 0 Å². The number of amides is 4. The fourth-order valence-corrected chi connectivity index (χ4v) is 11.4. The largest absolute Gasteiger partial charge is 0.384 e. The van der Waals surface area contributed by atoms with Crippen molar-refractivity contribution in [2.75, 3.05) is 18.1 Å². The van der Waals surface area contributed by atoms with Crippen molar-refractivity contribution < 1.29 is 46.3 Å². The van der Waals surface area contributed by atoms with Crippen molar-refractivity contribution in [2.24, 2.45) is 11.7 Å². The van der Waals surface area contributed by atoms with Crippen molar-refractivity contribution in [3.05, 3.63) is 41.7 Å². The maximum Gasteiger partial charge on any atom is 0.287 e. The summed E-state index contributed by atoms with van der Waals surface area (Å²) in [6, 6.07) is 1.95. The molecule has 3 atom stereocenters. The number of benzene rings is 1. The molecule has 15 nitrogen and oxygen atoms in total. The minimum absolute atomic E-state index is 0.00651. The Morgan fingerprint density at radius 3 is 2.29 bits per heavy atom. The van der Waals surface area contributed by atoms with E-state index in [1.807, 2.05) is 0 Å². The van der Waals surface area contributed by atoms with Crippen LogP contribution in [0.1, 0.15) is 107 Å². The number of alkyl halides is 2. The Labute approximate surface area is 328 Å². The SMILES string of the molecule is CC(C)(O)c1cnnn1[C@H]1C[C@@H](C(=O)NC2(C(=O)C(N)=O)CCSCC2)N(C(=O)[C@@H](CC2CCCCC2)NC(=O)c2ccc(S(=O)(=O)C3CC(F)(F)C3)cc2)C1. The zero-order chi connectivity index (χ0) is 40.6. The first kappa shape index (κ1) is 41.7. The Balaban J connectivity index is 1.29. The molecule has 0 radical (unpaired) electrons. The van der Waals surface area contributed by atoms with Gasteiger partial charge in [-0.05, 0) is 74.8 Å². The lowest BCUT2D eigenvalue weighted by Crippen LogP contribution is -2.63. The van der Waals surface area contributed by atoms with Crippen LogP contribution in [-0.2, 0) is 34.6 Å². The number of carbonyl (C=O) groups is 5. The number of primary amides is 1. The van der Waals surface area contributed by atoms with Crippen LogP contribution in [0, 0.1) is 5.92 Å². The molecule has 5 N–H and O–H groups in total. The van der Waals surface area contributed by atoms with Gasteiger partial charge in [0, 0.05) is 31.4 Å². The first-order valence-corrected chi connectivity index (χ1v) is 21.7. The molecule has 56 heavy (non-hydrogen) atoms. The molecule has 2 saturated carbocycles. The quantitative estimate of drug-likeness (QED) is 0.215. The van der Waals surface area contributed by atoms with E-state index in [0.717, 1.165) is 32.1 Å². The third kappa shape index (κ3) is 8.78. The minimum atomic E-state index is -4.04. The highest BCUT2D eigenvalue weighted by atomic mass is 32.2. The number of hydrogen-bond acceptors (Lipinski definition) is 11. The van der Waals surface area contributed by atoms with Crippen molar-refractivity contribution in [3.63, 3.8) is 0 Å². The second-order valence-corrected chi connectivity index (χ2v) is 19.6. The summed E-state index contributed by atoms with van der Waals surface area (Å²) in [6.45, 7) is 3.03. The Morgan fingerprint density at radius 2 is 1.70 bits per heavy atom. The number of aromatic nitrogens is 3. The third-order valence-corrected chi connectivity index (χ3v) is 14.7. The summed E-state index contributed by atoms with van der Waals surface area (Å²) in [6.07, 6.45) is 5.01. The molecule has 2 aromatic rings. The summed E-state index contributed by atoms with van der Waals surface area (Å²) in [4.78, 5) is 69.5. The number of Topliss-reactive ketones (excluding diaryl/α,β-unsaturated/α-hetero) is 1. The van der Waals surface area contributed by atoms with E-state index in [4.69, 9.17) is 5.73 Å². The van der Waals surface area contributed by atoms with Crippen molar-refractivity contribution >= 4 is 51.0 Å². The highest BCUT2D eigenvalue weighted by Gasteiger charge is 2.52. The highest BCUT2D eigenvalue weighted by molar-refractivity contribution is 7.99. The number of thioether (sulfide) groups is 1. The number of likely N-dealkylation sites (tertiary alicyclic amines) is 1. The first-order chi connectivity index (χ1) is 26.3. The van der Waals surface area contributed by atoms with E-state index in [0.29, 0.717) is 17.2 Å². The fourth-order valence-electron chi connectivity index (χ4n) is 8.35. The van der Waals surface area contributed by atoms with Crippen molar-refractivity contribution in [1.82, 2.24) is 30.5 Å². The molecule has 4 amide bonds. The Morgan fingerprint density at radius 1 is 1.05 bits per heavy atom. The van der Waals surface area contributed by atoms with Gasteiger partial charge in [0.25, 0.3) is 17.7 Å². The summed E-state index contributed by atoms with van der Waals surface area (Å²) in [5.41, 5.74) is 2.87. The van der Waals surface area contributed by atoms with Gasteiger partial charge in [-0.2, -0.15) is 11.8 Å². The van der Waals surface area contributed by atoms with Crippen LogP contribution in [0.25, 0.3) is 0 Å². The van der Waals surface area contributed by atoms with Crippen LogP contribution in [-0.4, -0.2) is 110 Å². The van der Waals surface area contributed by atoms with Crippen molar-refractivity contribution in [2.45, 2.75) is 130 Å². The standard InChI is InChI=1S/C37H49F2N7O8S2/c1-35(2,52)29-20-41-44-46(29)24-17-28(33(50)43-36(30(47)31(40)48)12-14-55-15-13-36)45(21-24)34(51)27(16-22-6-4-3-5-7-22)42-32(49)23-8-10-25(11-9-23)56(53,54)26-18-37(38,39)19-26/h8-11,20,22,24,26-28,52H,3-7,12-19,21H2,1-2H3,(H2,40,48)(H,42,49)(H,43,50)/t24-,27+,28-/m0/s1. The van der Waals surface area contributed by atoms with E-state index >= 15 is 0 Å². The summed E-state index contributed by atoms with van der Waals surface area (Å²) in [7, 11) is -4.04. The molecule has 2 saturated heterocycles. The van der Waals surface area contributed by atoms with Gasteiger partial charge in [-0.25, -0.2) is 21.9 Å². The van der Waals surface area contributed by atoms with Crippen molar-refractivity contribution in [1.29, 1.82) is 0 Å². The number of sulfone groups is 1. The number of nitrogens with two attached hydrogens (primary N) is 1. The number of hydrogen-bond donors (Lipinski definition) is 4. The van der Waals surface area contributed by atoms with Gasteiger partial charge in [-0.3, -0.25) is 24.0 Å². The number of nitrogens with zero attached hydrogens (tertiary/aromatic N) is 4. The van der Waals surface area contributed by atoms with Crippen LogP contribution in [0.5, 0.6) is 0 Å². The Hall–Kier alpha value is -3.97. The summed E-state index contributed by atoms with van der Waals surface area (Å²) < 4.78 is 54.2. The summed E-state index contributed by atoms with van der Waals surface area (Å²) >= 11 is 1.56. The summed E-state index contributed by atoms with van der Waals surface area (Å²) in [5, 5.41) is 23.5. The van der Waals surface area contributed by atoms with Crippen molar-refractivity contribution in [3.8, 4) is 0 Å². The number of rotatable bonds is 13. The van der Waals surface area contributed by atoms with Crippen LogP contribution in [0.2, 0.25) is 0 Å². The maximum absolute atomic E-state index is 14.8. The molecule has 4 aliphatic rings. The molecule has 6 rings (SSSR count). The average Bonchev–Trinajstić information content (AvgIpc) is 3.83. The first-order valence-electron chi connectivity index (χ1n) is 19.0. The highest BCUT2D eigenvalue weighted by Crippen LogP contribution is 2.43. The molecule has 3 heterocycles. The van der Waals surface area contributed by atoms with Crippen LogP contribution in [0.4, 0.5) is 8.78 Å². The molecular formula is C37H49F2N7O8S2. The van der Waals surface area contributed by atoms with Crippen LogP contribution >= 0.6 is 11.8 Å². The topological polar surface area (TPSA) is 224 Å². The lowest BCUT2D eigenvalue weighted by Gasteiger charge is -2.37. The zero-order valence-corrected chi connectivity index (χ0v) is 33.0. The summed E-state index contributed by atoms with van der Waals surface area (Å²) in [5.74, 6) is -6.02. The molecule has 1 aromatic carbocycles. The normalized spacial score (nSPS) is 23.5. The van der Waals surface area contributed by atoms with Gasteiger partial charge in [0.15, 0.2) is 9.84 Å². The lowest BCUT2D eigenvalue weighted by atomic mass is 9.84. The van der Waals surface area contributed by atoms with Gasteiger partial charge in [0.2, 0.25) is 17.6 Å². The van der Waals surface area contributed by atoms with E-state index < -0.39 is 92.5 Å². The molecule has 0 bridgehead atoms. The molecule has 2 aliphatic heterocycles. The molecule has 1 aromatic heterocycles. The average molecular weight is 822 g/mol. The number of carbonyl (C=O) groups excluding carboxylic acids is 5. The maximum atomic E-state index is 14.8. The molecule has 4 fully saturated rings. The number of aliphatic hydroxyl groups is 1. The number of nitrogens with one attached hydrogen (secondary N) is 2. The minimum Gasteiger partial charge on any atom is -0.384 e. The van der Waals surface area contributed by atoms with E-state index in [-0.39, 0.29) is 48.6 Å². The van der Waals surface area contributed by atoms with Gasteiger partial charge in [0.1, 0.15) is 23.2 Å². The molecule has 19 heteroatoms. The van der Waals surface area contributed by atoms with E-state index in [1.165, 1.54) is 40.0 Å². The van der Waals surface area contributed by atoms with Gasteiger partial charge in [-0.1, -0.05) is 37.3 Å². The fraction of sp³-hybridized carbons (Fsp3) is 0.649. The predicted molar refractivity (Wildman–Crippen MR) is 200 cm³/mol. The van der Waals surface area contributed by atoms with Crippen LogP contribution in [0.3, 0.4) is 0 Å². The molecule has 2 aliphatic carbocycles. The monoisotopic (exact) mass is 821 g/mol. The van der Waals surface area contributed by atoms with Gasteiger partial charge in [0.05, 0.1) is 28.1 Å². The van der Waals surface area contributed by atoms with Crippen LogP contribution in [0.15, 0.2) is 35.4 Å². The number of halogens is 2. The van der Waals surface area contributed by atoms with E-state index in [1.54, 1.807) is 25.6 Å². The van der Waals surface area contributed by atoms with E-state index in [2.05, 4.69) is 20.9 Å².